The van der Waals surface area contributed by atoms with Crippen molar-refractivity contribution in [1.29, 1.82) is 0 Å². The van der Waals surface area contributed by atoms with Crippen LogP contribution in [0, 0.1) is 5.41 Å². The average molecular weight is 415 g/mol. The van der Waals surface area contributed by atoms with Gasteiger partial charge in [-0.15, -0.1) is 0 Å². The van der Waals surface area contributed by atoms with Gasteiger partial charge in [0.1, 0.15) is 6.10 Å². The minimum Gasteiger partial charge on any atom is -0.359 e. The Morgan fingerprint density at radius 1 is 1.20 bits per heavy atom. The van der Waals surface area contributed by atoms with Crippen LogP contribution in [-0.4, -0.2) is 22.3 Å². The molecule has 5 rings (SSSR count). The molecule has 4 nitrogen and oxygen atoms in total. The van der Waals surface area contributed by atoms with Crippen molar-refractivity contribution in [1.82, 2.24) is 9.97 Å². The second-order valence-corrected chi connectivity index (χ2v) is 8.75. The molecule has 2 fully saturated rings. The summed E-state index contributed by atoms with van der Waals surface area (Å²) in [6.07, 6.45) is 3.72. The van der Waals surface area contributed by atoms with Crippen LogP contribution in [0.4, 0.5) is 18.9 Å². The van der Waals surface area contributed by atoms with E-state index in [2.05, 4.69) is 40.4 Å². The van der Waals surface area contributed by atoms with Gasteiger partial charge in [-0.1, -0.05) is 13.0 Å². The Morgan fingerprint density at radius 3 is 2.73 bits per heavy atom. The molecule has 0 radical (unpaired) electrons. The first-order chi connectivity index (χ1) is 14.3. The Labute approximate surface area is 172 Å². The highest BCUT2D eigenvalue weighted by Gasteiger charge is 2.58. The third kappa shape index (κ3) is 3.90. The van der Waals surface area contributed by atoms with Crippen LogP contribution in [0.1, 0.15) is 43.0 Å². The number of H-pyrrole nitrogens is 1. The topological polar surface area (TPSA) is 53.2 Å². The molecule has 2 atom stereocenters. The number of nitrogens with one attached hydrogen (secondary N) is 2. The predicted octanol–water partition coefficient (Wildman–Crippen LogP) is 5.69. The summed E-state index contributed by atoms with van der Waals surface area (Å²) in [4.78, 5) is 7.25. The van der Waals surface area contributed by atoms with E-state index in [4.69, 9.17) is 4.74 Å². The first-order valence-corrected chi connectivity index (χ1v) is 10.4. The van der Waals surface area contributed by atoms with Crippen LogP contribution in [0.15, 0.2) is 42.7 Å². The molecular weight excluding hydrogens is 391 g/mol. The maximum Gasteiger partial charge on any atom is 0.417 e. The first-order valence-electron chi connectivity index (χ1n) is 10.4. The van der Waals surface area contributed by atoms with Crippen LogP contribution < -0.4 is 5.32 Å². The maximum atomic E-state index is 12.6. The number of ether oxygens (including phenoxy) is 1. The van der Waals surface area contributed by atoms with Crippen molar-refractivity contribution >= 4 is 16.6 Å². The third-order valence-corrected chi connectivity index (χ3v) is 6.31. The van der Waals surface area contributed by atoms with Gasteiger partial charge in [0.2, 0.25) is 0 Å². The van der Waals surface area contributed by atoms with Crippen molar-refractivity contribution in [3.8, 4) is 0 Å². The van der Waals surface area contributed by atoms with E-state index >= 15 is 0 Å². The van der Waals surface area contributed by atoms with Gasteiger partial charge in [-0.05, 0) is 67.3 Å². The van der Waals surface area contributed by atoms with Crippen molar-refractivity contribution in [3.63, 3.8) is 0 Å². The van der Waals surface area contributed by atoms with E-state index in [1.165, 1.54) is 24.5 Å². The van der Waals surface area contributed by atoms with Crippen LogP contribution in [-0.2, 0) is 23.8 Å². The second-order valence-electron chi connectivity index (χ2n) is 8.75. The number of fused-ring (bicyclic) bond motifs is 1. The lowest BCUT2D eigenvalue weighted by Crippen LogP contribution is -2.13. The van der Waals surface area contributed by atoms with Crippen molar-refractivity contribution in [2.24, 2.45) is 5.41 Å². The highest BCUT2D eigenvalue weighted by molar-refractivity contribution is 5.93. The fourth-order valence-electron chi connectivity index (χ4n) is 4.04. The van der Waals surface area contributed by atoms with Gasteiger partial charge in [-0.25, -0.2) is 0 Å². The van der Waals surface area contributed by atoms with Crippen molar-refractivity contribution in [2.75, 3.05) is 5.32 Å². The number of hydrogen-bond acceptors (Lipinski definition) is 3. The fraction of sp³-hybridized carbons (Fsp3) is 0.435. The predicted molar refractivity (Wildman–Crippen MR) is 109 cm³/mol. The maximum absolute atomic E-state index is 12.6. The summed E-state index contributed by atoms with van der Waals surface area (Å²) in [6.45, 7) is 2.28. The minimum absolute atomic E-state index is 0.0888. The van der Waals surface area contributed by atoms with E-state index in [0.717, 1.165) is 41.7 Å². The molecule has 1 aliphatic heterocycles. The van der Waals surface area contributed by atoms with Crippen molar-refractivity contribution in [2.45, 2.75) is 57.5 Å². The van der Waals surface area contributed by atoms with Crippen molar-refractivity contribution in [3.05, 3.63) is 59.5 Å². The number of epoxide rings is 1. The molecule has 158 valence electrons. The number of benzene rings is 1. The molecule has 1 aromatic carbocycles. The molecule has 3 aromatic rings. The molecule has 3 heterocycles. The highest BCUT2D eigenvalue weighted by Crippen LogP contribution is 2.56. The number of aromatic amines is 1. The molecule has 1 saturated carbocycles. The van der Waals surface area contributed by atoms with Crippen LogP contribution in [0.2, 0.25) is 0 Å². The van der Waals surface area contributed by atoms with Gasteiger partial charge in [0, 0.05) is 29.0 Å². The zero-order valence-corrected chi connectivity index (χ0v) is 16.7. The number of pyridine rings is 1. The number of nitrogens with zero attached hydrogens (tertiary/aromatic N) is 1. The number of halogens is 3. The van der Waals surface area contributed by atoms with Gasteiger partial charge in [-0.2, -0.15) is 13.2 Å². The fourth-order valence-corrected chi connectivity index (χ4v) is 4.04. The Morgan fingerprint density at radius 2 is 2.03 bits per heavy atom. The SMILES string of the molecule is CC1(C2OC2Nc2c[nH]c3ccc(CCCc4ccc(C(F)(F)F)cn4)cc23)CC1. The standard InChI is InChI=1S/C23H24F3N3O/c1-22(9-10-22)20-21(30-20)29-19-13-28-18-8-5-14(11-17(18)19)3-2-4-16-7-6-15(12-27-16)23(24,25)26/h5-8,11-13,20-21,28-29H,2-4,9-10H2,1H3. The Hall–Kier alpha value is -2.54. The lowest BCUT2D eigenvalue weighted by molar-refractivity contribution is -0.137. The summed E-state index contributed by atoms with van der Waals surface area (Å²) in [5.41, 5.74) is 3.63. The van der Waals surface area contributed by atoms with Gasteiger partial charge in [0.25, 0.3) is 0 Å². The van der Waals surface area contributed by atoms with E-state index in [9.17, 15) is 13.2 Å². The van der Waals surface area contributed by atoms with E-state index in [0.29, 0.717) is 23.6 Å². The normalized spacial score (nSPS) is 22.3. The lowest BCUT2D eigenvalue weighted by atomic mass is 10.0. The highest BCUT2D eigenvalue weighted by atomic mass is 19.4. The lowest BCUT2D eigenvalue weighted by Gasteiger charge is -2.07. The number of rotatable bonds is 7. The van der Waals surface area contributed by atoms with E-state index in [-0.39, 0.29) is 6.23 Å². The minimum atomic E-state index is -4.34. The monoisotopic (exact) mass is 415 g/mol. The molecule has 2 aliphatic rings. The van der Waals surface area contributed by atoms with Crippen LogP contribution >= 0.6 is 0 Å². The number of alkyl halides is 3. The van der Waals surface area contributed by atoms with Crippen LogP contribution in [0.3, 0.4) is 0 Å². The summed E-state index contributed by atoms with van der Waals surface area (Å²) in [5.74, 6) is 0. The molecule has 0 amide bonds. The summed E-state index contributed by atoms with van der Waals surface area (Å²) in [6, 6.07) is 8.89. The number of aryl methyl sites for hydroxylation is 2. The Balaban J connectivity index is 1.20. The second kappa shape index (κ2) is 7.01. The van der Waals surface area contributed by atoms with Gasteiger partial charge in [-0.3, -0.25) is 4.98 Å². The van der Waals surface area contributed by atoms with Gasteiger partial charge >= 0.3 is 6.18 Å². The first kappa shape index (κ1) is 19.4. The number of anilines is 1. The van der Waals surface area contributed by atoms with E-state index in [1.807, 2.05) is 6.20 Å². The zero-order valence-electron chi connectivity index (χ0n) is 16.7. The van der Waals surface area contributed by atoms with Crippen LogP contribution in [0.5, 0.6) is 0 Å². The van der Waals surface area contributed by atoms with Gasteiger partial charge < -0.3 is 15.0 Å². The molecule has 30 heavy (non-hydrogen) atoms. The molecular formula is C23H24F3N3O. The van der Waals surface area contributed by atoms with Gasteiger partial charge in [0.05, 0.1) is 11.3 Å². The molecule has 7 heteroatoms. The molecule has 0 spiro atoms. The summed E-state index contributed by atoms with van der Waals surface area (Å²) in [5, 5.41) is 4.64. The Kier molecular flexibility index (Phi) is 4.54. The third-order valence-electron chi connectivity index (χ3n) is 6.31. The molecule has 2 aromatic heterocycles. The largest absolute Gasteiger partial charge is 0.417 e. The molecule has 2 unspecified atom stereocenters. The van der Waals surface area contributed by atoms with Crippen LogP contribution in [0.25, 0.3) is 10.9 Å². The molecule has 2 N–H and O–H groups in total. The quantitative estimate of drug-likeness (QED) is 0.487. The van der Waals surface area contributed by atoms with Gasteiger partial charge in [0.15, 0.2) is 6.23 Å². The van der Waals surface area contributed by atoms with Crippen molar-refractivity contribution < 1.29 is 17.9 Å². The smallest absolute Gasteiger partial charge is 0.359 e. The Bertz CT molecular complexity index is 1050. The summed E-state index contributed by atoms with van der Waals surface area (Å²) in [7, 11) is 0. The molecule has 1 aliphatic carbocycles. The summed E-state index contributed by atoms with van der Waals surface area (Å²) < 4.78 is 43.7. The van der Waals surface area contributed by atoms with E-state index < -0.39 is 11.7 Å². The molecule has 1 saturated heterocycles. The average Bonchev–Trinajstić information content (AvgIpc) is 3.61. The zero-order chi connectivity index (χ0) is 20.9. The number of aromatic nitrogens is 2. The number of hydrogen-bond donors (Lipinski definition) is 2. The molecule has 0 bridgehead atoms. The van der Waals surface area contributed by atoms with E-state index in [1.54, 1.807) is 0 Å². The summed E-state index contributed by atoms with van der Waals surface area (Å²) >= 11 is 0.